The Morgan fingerprint density at radius 1 is 1.29 bits per heavy atom. The van der Waals surface area contributed by atoms with E-state index in [0.717, 1.165) is 17.7 Å². The van der Waals surface area contributed by atoms with Crippen molar-refractivity contribution in [2.45, 2.75) is 26.9 Å². The van der Waals surface area contributed by atoms with E-state index in [1.165, 1.54) is 6.08 Å². The highest BCUT2D eigenvalue weighted by molar-refractivity contribution is 5.81. The molecule has 1 aromatic rings. The molecule has 0 N–H and O–H groups in total. The molecule has 0 bridgehead atoms. The number of carbonyl (C=O) groups is 1. The van der Waals surface area contributed by atoms with Gasteiger partial charge in [0.2, 0.25) is 0 Å². The predicted molar refractivity (Wildman–Crippen MR) is 82.2 cm³/mol. The van der Waals surface area contributed by atoms with Gasteiger partial charge in [-0.2, -0.15) is 0 Å². The Morgan fingerprint density at radius 3 is 2.62 bits per heavy atom. The molecule has 0 aliphatic rings. The summed E-state index contributed by atoms with van der Waals surface area (Å²) in [6, 6.07) is 7.82. The van der Waals surface area contributed by atoms with Crippen molar-refractivity contribution in [3.63, 3.8) is 0 Å². The summed E-state index contributed by atoms with van der Waals surface area (Å²) in [5.74, 6) is 0.838. The Kier molecular flexibility index (Phi) is 8.21. The van der Waals surface area contributed by atoms with Crippen LogP contribution in [-0.2, 0) is 20.9 Å². The third-order valence-electron chi connectivity index (χ3n) is 2.99. The van der Waals surface area contributed by atoms with Crippen molar-refractivity contribution in [2.75, 3.05) is 20.3 Å². The molecule has 0 unspecified atom stereocenters. The third-order valence-corrected chi connectivity index (χ3v) is 2.99. The highest BCUT2D eigenvalue weighted by Gasteiger charge is 2.01. The van der Waals surface area contributed by atoms with Gasteiger partial charge in [0, 0.05) is 12.7 Å². The fourth-order valence-corrected chi connectivity index (χ4v) is 1.71. The van der Waals surface area contributed by atoms with Crippen LogP contribution in [0.1, 0.15) is 25.8 Å². The summed E-state index contributed by atoms with van der Waals surface area (Å²) >= 11 is 0. The van der Waals surface area contributed by atoms with Crippen molar-refractivity contribution < 1.29 is 19.0 Å². The minimum atomic E-state index is -0.288. The van der Waals surface area contributed by atoms with Crippen LogP contribution in [0.4, 0.5) is 0 Å². The predicted octanol–water partition coefficient (Wildman–Crippen LogP) is 3.36. The van der Waals surface area contributed by atoms with Gasteiger partial charge < -0.3 is 14.2 Å². The van der Waals surface area contributed by atoms with E-state index in [-0.39, 0.29) is 11.9 Å². The molecular weight excluding hydrogens is 268 g/mol. The first kappa shape index (κ1) is 17.2. The van der Waals surface area contributed by atoms with Crippen LogP contribution in [0.15, 0.2) is 36.4 Å². The smallest absolute Gasteiger partial charge is 0.330 e. The zero-order valence-electron chi connectivity index (χ0n) is 13.0. The molecule has 4 heteroatoms. The van der Waals surface area contributed by atoms with Gasteiger partial charge >= 0.3 is 5.97 Å². The van der Waals surface area contributed by atoms with Gasteiger partial charge in [0.05, 0.1) is 20.3 Å². The number of rotatable bonds is 9. The summed E-state index contributed by atoms with van der Waals surface area (Å²) in [5.41, 5.74) is 1.12. The molecule has 1 aromatic carbocycles. The average molecular weight is 292 g/mol. The second-order valence-corrected chi connectivity index (χ2v) is 4.78. The molecule has 0 radical (unpaired) electrons. The fraction of sp³-hybridized carbons (Fsp3) is 0.471. The highest BCUT2D eigenvalue weighted by Crippen LogP contribution is 2.12. The maximum atomic E-state index is 11.2. The summed E-state index contributed by atoms with van der Waals surface area (Å²) in [4.78, 5) is 11.2. The van der Waals surface area contributed by atoms with Crippen LogP contribution < -0.4 is 4.74 Å². The molecule has 1 atom stereocenters. The SMILES string of the molecule is CCOC(=O)/C=C/[C@H](C)CCOCc1ccc(OC)cc1. The van der Waals surface area contributed by atoms with E-state index in [2.05, 4.69) is 0 Å². The van der Waals surface area contributed by atoms with E-state index in [1.807, 2.05) is 37.3 Å². The van der Waals surface area contributed by atoms with E-state index in [1.54, 1.807) is 14.0 Å². The van der Waals surface area contributed by atoms with Crippen LogP contribution in [0.2, 0.25) is 0 Å². The monoisotopic (exact) mass is 292 g/mol. The van der Waals surface area contributed by atoms with Crippen LogP contribution >= 0.6 is 0 Å². The van der Waals surface area contributed by atoms with Gasteiger partial charge in [0.25, 0.3) is 0 Å². The lowest BCUT2D eigenvalue weighted by atomic mass is 10.1. The van der Waals surface area contributed by atoms with Crippen LogP contribution in [0.5, 0.6) is 5.75 Å². The molecule has 0 fully saturated rings. The third kappa shape index (κ3) is 7.51. The summed E-state index contributed by atoms with van der Waals surface area (Å²) < 4.78 is 15.6. The molecule has 0 aliphatic heterocycles. The van der Waals surface area contributed by atoms with Crippen LogP contribution in [0.25, 0.3) is 0 Å². The van der Waals surface area contributed by atoms with Crippen LogP contribution in [0.3, 0.4) is 0 Å². The molecule has 0 amide bonds. The molecule has 1 rings (SSSR count). The lowest BCUT2D eigenvalue weighted by Gasteiger charge is -2.08. The highest BCUT2D eigenvalue weighted by atomic mass is 16.5. The molecular formula is C17H24O4. The van der Waals surface area contributed by atoms with E-state index in [9.17, 15) is 4.79 Å². The van der Waals surface area contributed by atoms with Gasteiger partial charge in [-0.3, -0.25) is 0 Å². The maximum absolute atomic E-state index is 11.2. The zero-order valence-corrected chi connectivity index (χ0v) is 13.0. The topological polar surface area (TPSA) is 44.8 Å². The maximum Gasteiger partial charge on any atom is 0.330 e. The Labute approximate surface area is 126 Å². The van der Waals surface area contributed by atoms with Crippen molar-refractivity contribution in [1.82, 2.24) is 0 Å². The van der Waals surface area contributed by atoms with Crippen molar-refractivity contribution in [1.29, 1.82) is 0 Å². The Hall–Kier alpha value is -1.81. The van der Waals surface area contributed by atoms with E-state index < -0.39 is 0 Å². The lowest BCUT2D eigenvalue weighted by Crippen LogP contribution is -2.03. The van der Waals surface area contributed by atoms with Gasteiger partial charge in [-0.15, -0.1) is 0 Å². The van der Waals surface area contributed by atoms with E-state index in [4.69, 9.17) is 14.2 Å². The molecule has 21 heavy (non-hydrogen) atoms. The molecule has 0 saturated carbocycles. The van der Waals surface area contributed by atoms with Crippen LogP contribution in [-0.4, -0.2) is 26.3 Å². The Balaban J connectivity index is 2.19. The number of methoxy groups -OCH3 is 1. The number of ether oxygens (including phenoxy) is 3. The fourth-order valence-electron chi connectivity index (χ4n) is 1.71. The molecule has 0 aliphatic carbocycles. The zero-order chi connectivity index (χ0) is 15.5. The summed E-state index contributed by atoms with van der Waals surface area (Å²) in [6.45, 7) is 5.48. The van der Waals surface area contributed by atoms with Gasteiger partial charge in [0.1, 0.15) is 5.75 Å². The van der Waals surface area contributed by atoms with Crippen molar-refractivity contribution in [2.24, 2.45) is 5.92 Å². The van der Waals surface area contributed by atoms with Gasteiger partial charge in [0.15, 0.2) is 0 Å². The summed E-state index contributed by atoms with van der Waals surface area (Å²) in [6.07, 6.45) is 4.21. The second-order valence-electron chi connectivity index (χ2n) is 4.78. The van der Waals surface area contributed by atoms with E-state index >= 15 is 0 Å². The number of hydrogen-bond donors (Lipinski definition) is 0. The standard InChI is InChI=1S/C17H24O4/c1-4-21-17(18)10-5-14(2)11-12-20-13-15-6-8-16(19-3)9-7-15/h5-10,14H,4,11-13H2,1-3H3/b10-5+/t14-/m0/s1. The number of benzene rings is 1. The lowest BCUT2D eigenvalue weighted by molar-refractivity contribution is -0.137. The normalized spacial score (nSPS) is 12.3. The number of carbonyl (C=O) groups excluding carboxylic acids is 1. The first-order valence-corrected chi connectivity index (χ1v) is 7.21. The summed E-state index contributed by atoms with van der Waals surface area (Å²) in [7, 11) is 1.65. The first-order valence-electron chi connectivity index (χ1n) is 7.21. The minimum Gasteiger partial charge on any atom is -0.497 e. The first-order chi connectivity index (χ1) is 10.2. The molecule has 0 spiro atoms. The Bertz CT molecular complexity index is 437. The minimum absolute atomic E-state index is 0.283. The molecule has 116 valence electrons. The largest absolute Gasteiger partial charge is 0.497 e. The van der Waals surface area contributed by atoms with Crippen molar-refractivity contribution in [3.05, 3.63) is 42.0 Å². The van der Waals surface area contributed by atoms with Crippen molar-refractivity contribution in [3.8, 4) is 5.75 Å². The van der Waals surface area contributed by atoms with Gasteiger partial charge in [-0.1, -0.05) is 25.1 Å². The van der Waals surface area contributed by atoms with Crippen molar-refractivity contribution >= 4 is 5.97 Å². The molecule has 0 aromatic heterocycles. The Morgan fingerprint density at radius 2 is 2.00 bits per heavy atom. The quantitative estimate of drug-likeness (QED) is 0.398. The van der Waals surface area contributed by atoms with E-state index in [0.29, 0.717) is 19.8 Å². The van der Waals surface area contributed by atoms with Gasteiger partial charge in [-0.05, 0) is 37.0 Å². The van der Waals surface area contributed by atoms with Gasteiger partial charge in [-0.25, -0.2) is 4.79 Å². The summed E-state index contributed by atoms with van der Waals surface area (Å²) in [5, 5.41) is 0. The second kappa shape index (κ2) is 10.00. The molecule has 4 nitrogen and oxygen atoms in total. The van der Waals surface area contributed by atoms with Crippen LogP contribution in [0, 0.1) is 5.92 Å². The number of hydrogen-bond acceptors (Lipinski definition) is 4. The number of esters is 1. The molecule has 0 heterocycles. The average Bonchev–Trinajstić information content (AvgIpc) is 2.50. The molecule has 0 saturated heterocycles. The number of allylic oxidation sites excluding steroid dienone is 1.